The van der Waals surface area contributed by atoms with Crippen LogP contribution in [0.5, 0.6) is 0 Å². The lowest BCUT2D eigenvalue weighted by Crippen LogP contribution is -2.56. The molecule has 1 unspecified atom stereocenters. The van der Waals surface area contributed by atoms with Crippen molar-refractivity contribution in [2.75, 3.05) is 13.2 Å². The fraction of sp³-hybridized carbons (Fsp3) is 1.00. The summed E-state index contributed by atoms with van der Waals surface area (Å²) in [5.41, 5.74) is 5.14. The van der Waals surface area contributed by atoms with Crippen molar-refractivity contribution >= 4 is 0 Å². The fourth-order valence-corrected chi connectivity index (χ4v) is 2.14. The smallest absolute Gasteiger partial charge is 0.0728 e. The summed E-state index contributed by atoms with van der Waals surface area (Å²) in [4.78, 5) is 0. The summed E-state index contributed by atoms with van der Waals surface area (Å²) in [6.07, 6.45) is 2.53. The second-order valence-electron chi connectivity index (χ2n) is 3.83. The van der Waals surface area contributed by atoms with Crippen LogP contribution >= 0.6 is 0 Å². The molecular formula is C8H15NO2. The summed E-state index contributed by atoms with van der Waals surface area (Å²) >= 11 is 0. The third-order valence-corrected chi connectivity index (χ3v) is 2.92. The van der Waals surface area contributed by atoms with E-state index in [1.165, 1.54) is 0 Å². The number of aliphatic hydroxyl groups is 1. The Hall–Kier alpha value is -0.120. The van der Waals surface area contributed by atoms with Crippen molar-refractivity contribution in [2.24, 2.45) is 11.7 Å². The Labute approximate surface area is 66.5 Å². The van der Waals surface area contributed by atoms with Gasteiger partial charge >= 0.3 is 0 Å². The maximum absolute atomic E-state index is 9.92. The van der Waals surface area contributed by atoms with Gasteiger partial charge < -0.3 is 15.6 Å². The molecule has 1 saturated heterocycles. The minimum atomic E-state index is -0.476. The van der Waals surface area contributed by atoms with Gasteiger partial charge in [0.05, 0.1) is 12.2 Å². The Bertz CT molecular complexity index is 148. The molecule has 3 N–H and O–H groups in total. The lowest BCUT2D eigenvalue weighted by molar-refractivity contribution is -0.0946. The highest BCUT2D eigenvalue weighted by Gasteiger charge is 2.47. The van der Waals surface area contributed by atoms with E-state index >= 15 is 0 Å². The molecule has 3 nitrogen and oxygen atoms in total. The molecule has 1 heterocycles. The van der Waals surface area contributed by atoms with Crippen LogP contribution in [-0.4, -0.2) is 30.0 Å². The molecule has 2 rings (SSSR count). The van der Waals surface area contributed by atoms with E-state index in [1.807, 2.05) is 0 Å². The number of hydrogen-bond acceptors (Lipinski definition) is 3. The summed E-state index contributed by atoms with van der Waals surface area (Å²) in [6, 6.07) is 0.223. The summed E-state index contributed by atoms with van der Waals surface area (Å²) in [6.45, 7) is 1.53. The number of nitrogens with two attached hydrogens (primary N) is 1. The standard InChI is InChI=1S/C8H15NO2/c9-7-3-8(10,4-7)6-1-2-11-5-6/h6-7,10H,1-5,9H2. The van der Waals surface area contributed by atoms with Gasteiger partial charge in [0.2, 0.25) is 0 Å². The summed E-state index contributed by atoms with van der Waals surface area (Å²) < 4.78 is 5.21. The molecule has 2 aliphatic rings. The van der Waals surface area contributed by atoms with E-state index in [2.05, 4.69) is 0 Å². The molecule has 0 bridgehead atoms. The van der Waals surface area contributed by atoms with E-state index in [0.29, 0.717) is 5.92 Å². The first-order valence-corrected chi connectivity index (χ1v) is 4.26. The van der Waals surface area contributed by atoms with Gasteiger partial charge in [-0.1, -0.05) is 0 Å². The summed E-state index contributed by atoms with van der Waals surface area (Å²) in [5, 5.41) is 9.92. The molecular weight excluding hydrogens is 142 g/mol. The molecule has 1 saturated carbocycles. The minimum Gasteiger partial charge on any atom is -0.389 e. The van der Waals surface area contributed by atoms with Crippen molar-refractivity contribution in [3.05, 3.63) is 0 Å². The molecule has 1 atom stereocenters. The number of hydrogen-bond donors (Lipinski definition) is 2. The molecule has 0 amide bonds. The highest BCUT2D eigenvalue weighted by atomic mass is 16.5. The Morgan fingerprint density at radius 2 is 2.18 bits per heavy atom. The van der Waals surface area contributed by atoms with Gasteiger partial charge in [-0.25, -0.2) is 0 Å². The third-order valence-electron chi connectivity index (χ3n) is 2.92. The zero-order valence-electron chi connectivity index (χ0n) is 6.62. The van der Waals surface area contributed by atoms with Crippen molar-refractivity contribution in [3.63, 3.8) is 0 Å². The Morgan fingerprint density at radius 1 is 1.45 bits per heavy atom. The van der Waals surface area contributed by atoms with E-state index in [0.717, 1.165) is 32.5 Å². The van der Waals surface area contributed by atoms with E-state index in [9.17, 15) is 5.11 Å². The second kappa shape index (κ2) is 2.44. The normalized spacial score (nSPS) is 50.7. The SMILES string of the molecule is NC1CC(O)(C2CCOC2)C1. The molecule has 11 heavy (non-hydrogen) atoms. The Kier molecular flexibility index (Phi) is 1.67. The molecule has 1 aliphatic carbocycles. The van der Waals surface area contributed by atoms with Crippen LogP contribution in [0.15, 0.2) is 0 Å². The molecule has 0 radical (unpaired) electrons. The van der Waals surface area contributed by atoms with Gasteiger partial charge in [-0.05, 0) is 19.3 Å². The van der Waals surface area contributed by atoms with Crippen LogP contribution in [0.2, 0.25) is 0 Å². The number of ether oxygens (including phenoxy) is 1. The Morgan fingerprint density at radius 3 is 2.64 bits per heavy atom. The van der Waals surface area contributed by atoms with Crippen molar-refractivity contribution in [1.82, 2.24) is 0 Å². The van der Waals surface area contributed by atoms with Crippen molar-refractivity contribution < 1.29 is 9.84 Å². The van der Waals surface area contributed by atoms with Gasteiger partial charge in [0.15, 0.2) is 0 Å². The first-order chi connectivity index (χ1) is 5.21. The topological polar surface area (TPSA) is 55.5 Å². The molecule has 2 fully saturated rings. The van der Waals surface area contributed by atoms with E-state index in [1.54, 1.807) is 0 Å². The Balaban J connectivity index is 1.93. The van der Waals surface area contributed by atoms with Crippen molar-refractivity contribution in [2.45, 2.75) is 30.9 Å². The zero-order chi connectivity index (χ0) is 7.90. The van der Waals surface area contributed by atoms with Gasteiger partial charge in [-0.2, -0.15) is 0 Å². The average Bonchev–Trinajstić information content (AvgIpc) is 2.34. The quantitative estimate of drug-likeness (QED) is 0.557. The lowest BCUT2D eigenvalue weighted by Gasteiger charge is -2.45. The van der Waals surface area contributed by atoms with E-state index < -0.39 is 5.60 Å². The summed E-state index contributed by atoms with van der Waals surface area (Å²) in [7, 11) is 0. The highest BCUT2D eigenvalue weighted by Crippen LogP contribution is 2.40. The van der Waals surface area contributed by atoms with Gasteiger partial charge in [-0.15, -0.1) is 0 Å². The lowest BCUT2D eigenvalue weighted by atomic mass is 9.68. The van der Waals surface area contributed by atoms with Crippen LogP contribution in [0.4, 0.5) is 0 Å². The van der Waals surface area contributed by atoms with Crippen LogP contribution in [0, 0.1) is 5.92 Å². The number of rotatable bonds is 1. The molecule has 0 aromatic heterocycles. The van der Waals surface area contributed by atoms with Gasteiger partial charge in [0.25, 0.3) is 0 Å². The second-order valence-corrected chi connectivity index (χ2v) is 3.83. The molecule has 1 aliphatic heterocycles. The monoisotopic (exact) mass is 157 g/mol. The van der Waals surface area contributed by atoms with Crippen LogP contribution in [0.1, 0.15) is 19.3 Å². The van der Waals surface area contributed by atoms with E-state index in [-0.39, 0.29) is 6.04 Å². The molecule has 0 aromatic carbocycles. The minimum absolute atomic E-state index is 0.223. The zero-order valence-corrected chi connectivity index (χ0v) is 6.62. The average molecular weight is 157 g/mol. The first-order valence-electron chi connectivity index (χ1n) is 4.26. The molecule has 3 heteroatoms. The largest absolute Gasteiger partial charge is 0.389 e. The maximum Gasteiger partial charge on any atom is 0.0728 e. The molecule has 0 aromatic rings. The van der Waals surface area contributed by atoms with Gasteiger partial charge in [0, 0.05) is 18.6 Å². The summed E-state index contributed by atoms with van der Waals surface area (Å²) in [5.74, 6) is 0.349. The maximum atomic E-state index is 9.92. The van der Waals surface area contributed by atoms with Crippen LogP contribution in [0.3, 0.4) is 0 Å². The molecule has 64 valence electrons. The predicted octanol–water partition coefficient (Wildman–Crippen LogP) is -0.125. The predicted molar refractivity (Wildman–Crippen MR) is 41.1 cm³/mol. The molecule has 0 spiro atoms. The van der Waals surface area contributed by atoms with Crippen molar-refractivity contribution in [3.8, 4) is 0 Å². The van der Waals surface area contributed by atoms with Gasteiger partial charge in [-0.3, -0.25) is 0 Å². The highest BCUT2D eigenvalue weighted by molar-refractivity contribution is 5.01. The first kappa shape index (κ1) is 7.53. The van der Waals surface area contributed by atoms with Gasteiger partial charge in [0.1, 0.15) is 0 Å². The fourth-order valence-electron chi connectivity index (χ4n) is 2.14. The van der Waals surface area contributed by atoms with E-state index in [4.69, 9.17) is 10.5 Å². The van der Waals surface area contributed by atoms with Crippen LogP contribution in [0.25, 0.3) is 0 Å². The van der Waals surface area contributed by atoms with Crippen LogP contribution in [-0.2, 0) is 4.74 Å². The third kappa shape index (κ3) is 1.17. The van der Waals surface area contributed by atoms with Crippen LogP contribution < -0.4 is 5.73 Å². The van der Waals surface area contributed by atoms with Crippen molar-refractivity contribution in [1.29, 1.82) is 0 Å².